The summed E-state index contributed by atoms with van der Waals surface area (Å²) in [6.45, 7) is 0.937. The van der Waals surface area contributed by atoms with Gasteiger partial charge in [-0.1, -0.05) is 66.7 Å². The Morgan fingerprint density at radius 3 is 1.50 bits per heavy atom. The molecule has 2 heterocycles. The Balaban J connectivity index is 1.24. The summed E-state index contributed by atoms with van der Waals surface area (Å²) in [6.07, 6.45) is 2.89. The van der Waals surface area contributed by atoms with Crippen LogP contribution in [0.1, 0.15) is 52.0 Å². The number of esters is 2. The monoisotopic (exact) mass is 481 g/mol. The zero-order valence-electron chi connectivity index (χ0n) is 20.2. The molecule has 0 N–H and O–H groups in total. The van der Waals surface area contributed by atoms with Gasteiger partial charge in [0.2, 0.25) is 0 Å². The molecule has 0 spiro atoms. The second kappa shape index (κ2) is 9.90. The molecule has 1 aliphatic carbocycles. The van der Waals surface area contributed by atoms with Gasteiger partial charge in [-0.2, -0.15) is 0 Å². The van der Waals surface area contributed by atoms with Crippen LogP contribution in [0.2, 0.25) is 0 Å². The Labute approximate surface area is 212 Å². The molecule has 6 rings (SSSR count). The second-order valence-electron chi connectivity index (χ2n) is 10.3. The highest BCUT2D eigenvalue weighted by molar-refractivity contribution is 5.90. The maximum atomic E-state index is 13.0. The normalized spacial score (nSPS) is 28.9. The number of benzene rings is 3. The first kappa shape index (κ1) is 23.0. The van der Waals surface area contributed by atoms with E-state index in [1.165, 1.54) is 18.4 Å². The largest absolute Gasteiger partial charge is 0.455 e. The molecular formula is C31H31NO4. The number of carbonyl (C=O) groups is 2. The lowest BCUT2D eigenvalue weighted by Gasteiger charge is -2.41. The van der Waals surface area contributed by atoms with E-state index in [2.05, 4.69) is 35.2 Å². The predicted molar refractivity (Wildman–Crippen MR) is 136 cm³/mol. The Morgan fingerprint density at radius 1 is 0.639 bits per heavy atom. The fraction of sp³-hybridized carbons (Fsp3) is 0.355. The fourth-order valence-corrected chi connectivity index (χ4v) is 6.75. The van der Waals surface area contributed by atoms with Crippen molar-refractivity contribution in [3.8, 4) is 0 Å². The minimum atomic E-state index is -0.454. The van der Waals surface area contributed by atoms with E-state index in [1.54, 1.807) is 24.3 Å². The van der Waals surface area contributed by atoms with Crippen LogP contribution in [0, 0.1) is 11.8 Å². The number of hydrogen-bond acceptors (Lipinski definition) is 5. The van der Waals surface area contributed by atoms with E-state index in [-0.39, 0.29) is 11.9 Å². The summed E-state index contributed by atoms with van der Waals surface area (Å²) in [4.78, 5) is 28.7. The lowest BCUT2D eigenvalue weighted by Crippen LogP contribution is -2.47. The third kappa shape index (κ3) is 4.44. The van der Waals surface area contributed by atoms with Crippen LogP contribution >= 0.6 is 0 Å². The van der Waals surface area contributed by atoms with Crippen LogP contribution < -0.4 is 0 Å². The van der Waals surface area contributed by atoms with Crippen LogP contribution in [0.25, 0.3) is 0 Å². The Bertz CT molecular complexity index is 1120. The predicted octanol–water partition coefficient (Wildman–Crippen LogP) is 5.51. The van der Waals surface area contributed by atoms with Crippen LogP contribution in [0.5, 0.6) is 0 Å². The molecular weight excluding hydrogens is 450 g/mol. The van der Waals surface area contributed by atoms with E-state index in [0.29, 0.717) is 35.0 Å². The van der Waals surface area contributed by atoms with Crippen molar-refractivity contribution in [3.63, 3.8) is 0 Å². The first-order chi connectivity index (χ1) is 17.7. The molecule has 0 radical (unpaired) electrons. The van der Waals surface area contributed by atoms with Gasteiger partial charge in [0.25, 0.3) is 0 Å². The first-order valence-electron chi connectivity index (χ1n) is 13.0. The van der Waals surface area contributed by atoms with Crippen LogP contribution in [0.3, 0.4) is 0 Å². The first-order valence-corrected chi connectivity index (χ1v) is 13.0. The molecule has 2 aliphatic heterocycles. The fourth-order valence-electron chi connectivity index (χ4n) is 6.75. The van der Waals surface area contributed by atoms with E-state index < -0.39 is 12.2 Å². The average molecular weight is 482 g/mol. The summed E-state index contributed by atoms with van der Waals surface area (Å²) >= 11 is 0. The smallest absolute Gasteiger partial charge is 0.338 e. The van der Waals surface area contributed by atoms with Crippen LogP contribution in [-0.2, 0) is 16.0 Å². The van der Waals surface area contributed by atoms with E-state index in [0.717, 1.165) is 19.4 Å². The van der Waals surface area contributed by atoms with E-state index in [4.69, 9.17) is 9.47 Å². The third-order valence-electron chi connectivity index (χ3n) is 8.32. The molecule has 1 saturated carbocycles. The molecule has 3 aromatic carbocycles. The van der Waals surface area contributed by atoms with Gasteiger partial charge in [-0.05, 0) is 67.3 Å². The maximum absolute atomic E-state index is 13.0. The summed E-state index contributed by atoms with van der Waals surface area (Å²) in [6, 6.07) is 29.7. The standard InChI is InChI=1S/C31H31NO4/c33-30(22-12-6-2-7-13-22)35-28-18-24-25(19-29(28)36-31(34)23-14-8-3-9-15-23)27-17-16-26(24)32(27)20-21-10-4-1-5-11-21/h1-15,24-29H,16-20H2. The molecule has 3 fully saturated rings. The number of carbonyl (C=O) groups excluding carboxylic acids is 2. The zero-order chi connectivity index (χ0) is 24.5. The average Bonchev–Trinajstić information content (AvgIpc) is 3.45. The van der Waals surface area contributed by atoms with Gasteiger partial charge in [0, 0.05) is 18.6 Å². The summed E-state index contributed by atoms with van der Waals surface area (Å²) in [5.74, 6) is 0.161. The van der Waals surface area contributed by atoms with Crippen molar-refractivity contribution < 1.29 is 19.1 Å². The summed E-state index contributed by atoms with van der Waals surface area (Å²) in [7, 11) is 0. The number of ether oxygens (including phenoxy) is 2. The molecule has 3 aliphatic rings. The molecule has 2 saturated heterocycles. The minimum Gasteiger partial charge on any atom is -0.455 e. The van der Waals surface area contributed by atoms with Gasteiger partial charge in [-0.15, -0.1) is 0 Å². The molecule has 6 unspecified atom stereocenters. The lowest BCUT2D eigenvalue weighted by molar-refractivity contribution is -0.0758. The summed E-state index contributed by atoms with van der Waals surface area (Å²) < 4.78 is 12.1. The molecule has 6 atom stereocenters. The van der Waals surface area contributed by atoms with E-state index >= 15 is 0 Å². The van der Waals surface area contributed by atoms with Gasteiger partial charge in [0.1, 0.15) is 12.2 Å². The molecule has 5 nitrogen and oxygen atoms in total. The molecule has 3 aromatic rings. The second-order valence-corrected chi connectivity index (χ2v) is 10.3. The van der Waals surface area contributed by atoms with Crippen molar-refractivity contribution in [2.45, 2.75) is 56.5 Å². The van der Waals surface area contributed by atoms with Crippen molar-refractivity contribution in [2.24, 2.45) is 11.8 Å². The highest BCUT2D eigenvalue weighted by atomic mass is 16.6. The van der Waals surface area contributed by atoms with Crippen LogP contribution in [0.15, 0.2) is 91.0 Å². The van der Waals surface area contributed by atoms with Crippen molar-refractivity contribution in [1.29, 1.82) is 0 Å². The molecule has 5 heteroatoms. The quantitative estimate of drug-likeness (QED) is 0.435. The topological polar surface area (TPSA) is 55.8 Å². The van der Waals surface area contributed by atoms with Crippen molar-refractivity contribution >= 4 is 11.9 Å². The molecule has 2 bridgehead atoms. The SMILES string of the molecule is O=C(OC1CC2C(CC1OC(=O)c1ccccc1)C1CCC2N1Cc1ccccc1)c1ccccc1. The van der Waals surface area contributed by atoms with Gasteiger partial charge in [0.05, 0.1) is 11.1 Å². The molecule has 184 valence electrons. The number of rotatable bonds is 6. The van der Waals surface area contributed by atoms with Crippen molar-refractivity contribution in [1.82, 2.24) is 4.90 Å². The van der Waals surface area contributed by atoms with Crippen LogP contribution in [-0.4, -0.2) is 41.1 Å². The number of fused-ring (bicyclic) bond motifs is 5. The molecule has 36 heavy (non-hydrogen) atoms. The van der Waals surface area contributed by atoms with Gasteiger partial charge in [-0.25, -0.2) is 9.59 Å². The maximum Gasteiger partial charge on any atom is 0.338 e. The Kier molecular flexibility index (Phi) is 6.32. The van der Waals surface area contributed by atoms with E-state index in [1.807, 2.05) is 36.4 Å². The summed E-state index contributed by atoms with van der Waals surface area (Å²) in [5.41, 5.74) is 2.37. The Morgan fingerprint density at radius 2 is 1.06 bits per heavy atom. The lowest BCUT2D eigenvalue weighted by atomic mass is 9.69. The Hall–Kier alpha value is -3.44. The van der Waals surface area contributed by atoms with Crippen molar-refractivity contribution in [2.75, 3.05) is 0 Å². The molecule has 0 amide bonds. The van der Waals surface area contributed by atoms with Gasteiger partial charge < -0.3 is 9.47 Å². The van der Waals surface area contributed by atoms with Gasteiger partial charge in [-0.3, -0.25) is 4.90 Å². The zero-order valence-corrected chi connectivity index (χ0v) is 20.2. The van der Waals surface area contributed by atoms with Gasteiger partial charge >= 0.3 is 11.9 Å². The summed E-state index contributed by atoms with van der Waals surface area (Å²) in [5, 5.41) is 0. The van der Waals surface area contributed by atoms with E-state index in [9.17, 15) is 9.59 Å². The number of hydrogen-bond donors (Lipinski definition) is 0. The minimum absolute atomic E-state index is 0.357. The third-order valence-corrected chi connectivity index (χ3v) is 8.32. The van der Waals surface area contributed by atoms with Crippen LogP contribution in [0.4, 0.5) is 0 Å². The van der Waals surface area contributed by atoms with Crippen molar-refractivity contribution in [3.05, 3.63) is 108 Å². The highest BCUT2D eigenvalue weighted by Gasteiger charge is 2.57. The highest BCUT2D eigenvalue weighted by Crippen LogP contribution is 2.53. The molecule has 0 aromatic heterocycles. The van der Waals surface area contributed by atoms with Gasteiger partial charge in [0.15, 0.2) is 0 Å². The number of nitrogens with zero attached hydrogens (tertiary/aromatic N) is 1.